The van der Waals surface area contributed by atoms with Crippen molar-refractivity contribution in [1.82, 2.24) is 9.88 Å². The lowest BCUT2D eigenvalue weighted by molar-refractivity contribution is 0.193. The molecule has 1 aromatic rings. The van der Waals surface area contributed by atoms with Crippen molar-refractivity contribution < 1.29 is 4.39 Å². The summed E-state index contributed by atoms with van der Waals surface area (Å²) >= 11 is 0. The summed E-state index contributed by atoms with van der Waals surface area (Å²) in [5, 5.41) is 0. The zero-order valence-corrected chi connectivity index (χ0v) is 9.56. The first-order valence-corrected chi connectivity index (χ1v) is 5.79. The van der Waals surface area contributed by atoms with Crippen LogP contribution in [0.2, 0.25) is 0 Å². The molecule has 2 rings (SSSR count). The number of nitrogens with zero attached hydrogens (tertiary/aromatic N) is 2. The molecular weight excluding hydrogens is 205 g/mol. The van der Waals surface area contributed by atoms with E-state index in [2.05, 4.69) is 16.8 Å². The van der Waals surface area contributed by atoms with Crippen LogP contribution in [0.5, 0.6) is 0 Å². The molecule has 0 radical (unpaired) electrons. The van der Waals surface area contributed by atoms with Crippen molar-refractivity contribution in [3.8, 4) is 0 Å². The number of aromatic nitrogens is 1. The molecule has 4 heteroatoms. The van der Waals surface area contributed by atoms with E-state index in [1.807, 2.05) is 0 Å². The summed E-state index contributed by atoms with van der Waals surface area (Å²) in [6, 6.07) is 3.89. The van der Waals surface area contributed by atoms with Gasteiger partial charge in [-0.05, 0) is 38.4 Å². The fourth-order valence-electron chi connectivity index (χ4n) is 2.43. The van der Waals surface area contributed by atoms with E-state index >= 15 is 0 Å². The van der Waals surface area contributed by atoms with Crippen molar-refractivity contribution >= 4 is 0 Å². The molecule has 2 heterocycles. The molecule has 1 aliphatic rings. The highest BCUT2D eigenvalue weighted by Gasteiger charge is 2.28. The summed E-state index contributed by atoms with van der Waals surface area (Å²) in [5.74, 6) is -0.284. The lowest BCUT2D eigenvalue weighted by atomic mass is 10.1. The van der Waals surface area contributed by atoms with Gasteiger partial charge in [-0.1, -0.05) is 0 Å². The highest BCUT2D eigenvalue weighted by molar-refractivity contribution is 5.10. The monoisotopic (exact) mass is 223 g/mol. The molecule has 1 aliphatic heterocycles. The fraction of sp³-hybridized carbons (Fsp3) is 0.583. The maximum absolute atomic E-state index is 12.8. The van der Waals surface area contributed by atoms with Crippen LogP contribution < -0.4 is 5.73 Å². The molecule has 88 valence electrons. The standard InChI is InChI=1S/C12H18FN3/c1-9(12-5-4-10(13)8-15-12)16-6-2-3-11(16)7-14/h4-5,8-9,11H,2-3,6-7,14H2,1H3. The molecule has 0 aromatic carbocycles. The Kier molecular flexibility index (Phi) is 3.51. The largest absolute Gasteiger partial charge is 0.329 e. The van der Waals surface area contributed by atoms with E-state index in [1.54, 1.807) is 6.07 Å². The van der Waals surface area contributed by atoms with E-state index in [9.17, 15) is 4.39 Å². The highest BCUT2D eigenvalue weighted by atomic mass is 19.1. The van der Waals surface area contributed by atoms with Crippen molar-refractivity contribution in [2.24, 2.45) is 5.73 Å². The van der Waals surface area contributed by atoms with Gasteiger partial charge in [0.1, 0.15) is 5.82 Å². The molecule has 0 saturated carbocycles. The van der Waals surface area contributed by atoms with Crippen LogP contribution in [-0.2, 0) is 0 Å². The Labute approximate surface area is 95.5 Å². The number of rotatable bonds is 3. The van der Waals surface area contributed by atoms with Gasteiger partial charge in [-0.2, -0.15) is 0 Å². The van der Waals surface area contributed by atoms with Crippen LogP contribution in [0.25, 0.3) is 0 Å². The van der Waals surface area contributed by atoms with Gasteiger partial charge in [0.05, 0.1) is 11.9 Å². The van der Waals surface area contributed by atoms with E-state index in [0.717, 1.165) is 18.7 Å². The first-order chi connectivity index (χ1) is 7.72. The second-order valence-electron chi connectivity index (χ2n) is 4.35. The number of likely N-dealkylation sites (tertiary alicyclic amines) is 1. The highest BCUT2D eigenvalue weighted by Crippen LogP contribution is 2.27. The summed E-state index contributed by atoms with van der Waals surface area (Å²) < 4.78 is 12.8. The molecule has 1 saturated heterocycles. The Bertz CT molecular complexity index is 339. The Morgan fingerprint density at radius 1 is 1.62 bits per heavy atom. The average Bonchev–Trinajstić information content (AvgIpc) is 2.77. The third-order valence-electron chi connectivity index (χ3n) is 3.37. The second-order valence-corrected chi connectivity index (χ2v) is 4.35. The maximum atomic E-state index is 12.8. The number of hydrogen-bond donors (Lipinski definition) is 1. The van der Waals surface area contributed by atoms with Crippen LogP contribution in [0.4, 0.5) is 4.39 Å². The van der Waals surface area contributed by atoms with Gasteiger partial charge in [-0.15, -0.1) is 0 Å². The molecule has 0 bridgehead atoms. The average molecular weight is 223 g/mol. The smallest absolute Gasteiger partial charge is 0.141 e. The quantitative estimate of drug-likeness (QED) is 0.848. The van der Waals surface area contributed by atoms with Crippen LogP contribution in [0.15, 0.2) is 18.3 Å². The van der Waals surface area contributed by atoms with Gasteiger partial charge >= 0.3 is 0 Å². The molecule has 2 N–H and O–H groups in total. The zero-order valence-electron chi connectivity index (χ0n) is 9.56. The molecule has 1 fully saturated rings. The molecule has 3 nitrogen and oxygen atoms in total. The van der Waals surface area contributed by atoms with Gasteiger partial charge in [0.25, 0.3) is 0 Å². The predicted octanol–water partition coefficient (Wildman–Crippen LogP) is 1.70. The van der Waals surface area contributed by atoms with Crippen LogP contribution >= 0.6 is 0 Å². The van der Waals surface area contributed by atoms with Crippen molar-refractivity contribution in [2.75, 3.05) is 13.1 Å². The van der Waals surface area contributed by atoms with Crippen LogP contribution in [-0.4, -0.2) is 29.0 Å². The molecule has 0 spiro atoms. The summed E-state index contributed by atoms with van der Waals surface area (Å²) in [6.07, 6.45) is 3.62. The normalized spacial score (nSPS) is 23.6. The van der Waals surface area contributed by atoms with Gasteiger partial charge in [-0.25, -0.2) is 4.39 Å². The van der Waals surface area contributed by atoms with Gasteiger partial charge in [0, 0.05) is 18.6 Å². The Morgan fingerprint density at radius 2 is 2.44 bits per heavy atom. The Morgan fingerprint density at radius 3 is 3.06 bits per heavy atom. The van der Waals surface area contributed by atoms with Crippen molar-refractivity contribution in [2.45, 2.75) is 31.8 Å². The van der Waals surface area contributed by atoms with E-state index in [4.69, 9.17) is 5.73 Å². The summed E-state index contributed by atoms with van der Waals surface area (Å²) in [6.45, 7) is 3.85. The summed E-state index contributed by atoms with van der Waals surface area (Å²) in [5.41, 5.74) is 6.66. The molecule has 0 amide bonds. The third kappa shape index (κ3) is 2.23. The maximum Gasteiger partial charge on any atom is 0.141 e. The molecule has 2 unspecified atom stereocenters. The fourth-order valence-corrected chi connectivity index (χ4v) is 2.43. The first-order valence-electron chi connectivity index (χ1n) is 5.79. The molecular formula is C12H18FN3. The minimum atomic E-state index is -0.284. The predicted molar refractivity (Wildman–Crippen MR) is 61.4 cm³/mol. The summed E-state index contributed by atoms with van der Waals surface area (Å²) in [4.78, 5) is 6.50. The van der Waals surface area contributed by atoms with Crippen molar-refractivity contribution in [1.29, 1.82) is 0 Å². The number of pyridine rings is 1. The number of halogens is 1. The second kappa shape index (κ2) is 4.89. The molecule has 1 aromatic heterocycles. The van der Waals surface area contributed by atoms with Gasteiger partial charge < -0.3 is 5.73 Å². The van der Waals surface area contributed by atoms with Crippen molar-refractivity contribution in [3.63, 3.8) is 0 Å². The summed E-state index contributed by atoms with van der Waals surface area (Å²) in [7, 11) is 0. The van der Waals surface area contributed by atoms with Crippen LogP contribution in [0.3, 0.4) is 0 Å². The lowest BCUT2D eigenvalue weighted by Crippen LogP contribution is -2.37. The van der Waals surface area contributed by atoms with Gasteiger partial charge in [0.15, 0.2) is 0 Å². The SMILES string of the molecule is CC(c1ccc(F)cn1)N1CCCC1CN. The van der Waals surface area contributed by atoms with E-state index in [1.165, 1.54) is 18.7 Å². The number of nitrogens with two attached hydrogens (primary N) is 1. The van der Waals surface area contributed by atoms with Gasteiger partial charge in [-0.3, -0.25) is 9.88 Å². The molecule has 16 heavy (non-hydrogen) atoms. The van der Waals surface area contributed by atoms with E-state index in [-0.39, 0.29) is 11.9 Å². The first kappa shape index (κ1) is 11.5. The van der Waals surface area contributed by atoms with Crippen LogP contribution in [0, 0.1) is 5.82 Å². The third-order valence-corrected chi connectivity index (χ3v) is 3.37. The minimum absolute atomic E-state index is 0.219. The van der Waals surface area contributed by atoms with E-state index < -0.39 is 0 Å². The molecule has 0 aliphatic carbocycles. The van der Waals surface area contributed by atoms with Crippen molar-refractivity contribution in [3.05, 3.63) is 29.8 Å². The van der Waals surface area contributed by atoms with E-state index in [0.29, 0.717) is 12.6 Å². The van der Waals surface area contributed by atoms with Crippen LogP contribution in [0.1, 0.15) is 31.5 Å². The Balaban J connectivity index is 2.12. The zero-order chi connectivity index (χ0) is 11.5. The van der Waals surface area contributed by atoms with Gasteiger partial charge in [0.2, 0.25) is 0 Å². The minimum Gasteiger partial charge on any atom is -0.329 e. The Hall–Kier alpha value is -1.00. The topological polar surface area (TPSA) is 42.2 Å². The molecule has 2 atom stereocenters. The number of hydrogen-bond acceptors (Lipinski definition) is 3. The lowest BCUT2D eigenvalue weighted by Gasteiger charge is -2.29.